The molecule has 1 aromatic rings. The quantitative estimate of drug-likeness (QED) is 0.634. The van der Waals surface area contributed by atoms with E-state index in [1.165, 1.54) is 25.7 Å². The van der Waals surface area contributed by atoms with Crippen molar-refractivity contribution in [1.82, 2.24) is 25.4 Å². The summed E-state index contributed by atoms with van der Waals surface area (Å²) >= 11 is 0. The van der Waals surface area contributed by atoms with Gasteiger partial charge in [0.15, 0.2) is 11.8 Å². The van der Waals surface area contributed by atoms with Crippen LogP contribution in [0.15, 0.2) is 4.99 Å². The van der Waals surface area contributed by atoms with Crippen molar-refractivity contribution >= 4 is 5.96 Å². The van der Waals surface area contributed by atoms with E-state index in [0.717, 1.165) is 30.6 Å². The lowest BCUT2D eigenvalue weighted by atomic mass is 9.57. The lowest BCUT2D eigenvalue weighted by molar-refractivity contribution is -0.106. The summed E-state index contributed by atoms with van der Waals surface area (Å²) in [4.78, 5) is 4.86. The fraction of sp³-hybridized carbons (Fsp3) is 0.842. The number of aromatic nitrogens is 3. The molecule has 7 nitrogen and oxygen atoms in total. The predicted molar refractivity (Wildman–Crippen MR) is 101 cm³/mol. The SMILES string of the molecule is Cc1nnc(CN=C(NC2CCCC2)NC2C3CCOC3C2(C)C)n1C. The standard InChI is InChI=1S/C19H32N6O/c1-12-23-24-15(25(12)4)11-20-18(21-13-7-5-6-8-13)22-16-14-9-10-26-17(14)19(16,2)3/h13-14,16-17H,5-11H2,1-4H3,(H2,20,21,22). The largest absolute Gasteiger partial charge is 0.377 e. The molecule has 1 saturated heterocycles. The molecule has 2 saturated carbocycles. The summed E-state index contributed by atoms with van der Waals surface area (Å²) in [5, 5.41) is 15.8. The Morgan fingerprint density at radius 3 is 2.69 bits per heavy atom. The zero-order chi connectivity index (χ0) is 18.3. The first-order chi connectivity index (χ1) is 12.5. The van der Waals surface area contributed by atoms with E-state index in [2.05, 4.69) is 34.7 Å². The smallest absolute Gasteiger partial charge is 0.192 e. The third kappa shape index (κ3) is 3.10. The maximum Gasteiger partial charge on any atom is 0.192 e. The van der Waals surface area contributed by atoms with Gasteiger partial charge in [-0.2, -0.15) is 0 Å². The Labute approximate surface area is 156 Å². The Morgan fingerprint density at radius 2 is 2.00 bits per heavy atom. The van der Waals surface area contributed by atoms with Crippen molar-refractivity contribution in [1.29, 1.82) is 0 Å². The van der Waals surface area contributed by atoms with Crippen LogP contribution in [0.2, 0.25) is 0 Å². The lowest BCUT2D eigenvalue weighted by Gasteiger charge is -2.55. The molecule has 144 valence electrons. The van der Waals surface area contributed by atoms with E-state index in [1.807, 2.05) is 18.5 Å². The molecular formula is C19H32N6O. The highest BCUT2D eigenvalue weighted by Gasteiger charge is 2.59. The van der Waals surface area contributed by atoms with Crippen LogP contribution >= 0.6 is 0 Å². The highest BCUT2D eigenvalue weighted by Crippen LogP contribution is 2.52. The second-order valence-electron chi connectivity index (χ2n) is 8.70. The van der Waals surface area contributed by atoms with E-state index < -0.39 is 0 Å². The molecule has 2 N–H and O–H groups in total. The van der Waals surface area contributed by atoms with Crippen LogP contribution in [0.5, 0.6) is 0 Å². The first-order valence-electron chi connectivity index (χ1n) is 10.0. The predicted octanol–water partition coefficient (Wildman–Crippen LogP) is 1.91. The fourth-order valence-corrected chi connectivity index (χ4v) is 4.90. The van der Waals surface area contributed by atoms with Gasteiger partial charge in [-0.3, -0.25) is 0 Å². The first kappa shape index (κ1) is 17.8. The molecule has 3 aliphatic rings. The first-order valence-corrected chi connectivity index (χ1v) is 10.0. The van der Waals surface area contributed by atoms with Gasteiger partial charge in [-0.05, 0) is 26.2 Å². The number of aryl methyl sites for hydroxylation is 1. The van der Waals surface area contributed by atoms with E-state index in [-0.39, 0.29) is 5.41 Å². The molecule has 0 aromatic carbocycles. The summed E-state index contributed by atoms with van der Waals surface area (Å²) in [6, 6.07) is 0.935. The average Bonchev–Trinajstić information content (AvgIpc) is 3.34. The fourth-order valence-electron chi connectivity index (χ4n) is 4.90. The van der Waals surface area contributed by atoms with Crippen LogP contribution in [0.25, 0.3) is 0 Å². The maximum absolute atomic E-state index is 5.94. The van der Waals surface area contributed by atoms with Crippen molar-refractivity contribution < 1.29 is 4.74 Å². The summed E-state index contributed by atoms with van der Waals surface area (Å²) in [7, 11) is 1.99. The summed E-state index contributed by atoms with van der Waals surface area (Å²) in [5.41, 5.74) is 0.140. The molecule has 26 heavy (non-hydrogen) atoms. The number of hydrogen-bond acceptors (Lipinski definition) is 4. The van der Waals surface area contributed by atoms with Crippen molar-refractivity contribution in [2.45, 2.75) is 77.6 Å². The van der Waals surface area contributed by atoms with Crippen LogP contribution in [0, 0.1) is 18.3 Å². The number of ether oxygens (including phenoxy) is 1. The minimum atomic E-state index is 0.140. The topological polar surface area (TPSA) is 76.4 Å². The van der Waals surface area contributed by atoms with Gasteiger partial charge in [0.25, 0.3) is 0 Å². The summed E-state index contributed by atoms with van der Waals surface area (Å²) in [6.45, 7) is 7.99. The molecule has 0 radical (unpaired) electrons. The van der Waals surface area contributed by atoms with Gasteiger partial charge in [0.1, 0.15) is 12.4 Å². The van der Waals surface area contributed by atoms with Crippen LogP contribution in [-0.4, -0.2) is 45.5 Å². The molecule has 4 rings (SSSR count). The molecule has 3 atom stereocenters. The second kappa shape index (κ2) is 6.83. The van der Waals surface area contributed by atoms with Gasteiger partial charge in [0.2, 0.25) is 0 Å². The molecule has 3 unspecified atom stereocenters. The molecule has 7 heteroatoms. The Kier molecular flexibility index (Phi) is 4.67. The number of aliphatic imine (C=N–C) groups is 1. The molecule has 2 aliphatic carbocycles. The zero-order valence-electron chi connectivity index (χ0n) is 16.5. The van der Waals surface area contributed by atoms with Crippen LogP contribution in [0.1, 0.15) is 57.6 Å². The summed E-state index contributed by atoms with van der Waals surface area (Å²) in [6.07, 6.45) is 6.60. The monoisotopic (exact) mass is 360 g/mol. The van der Waals surface area contributed by atoms with Crippen LogP contribution in [-0.2, 0) is 18.3 Å². The van der Waals surface area contributed by atoms with E-state index in [1.54, 1.807) is 0 Å². The van der Waals surface area contributed by atoms with Gasteiger partial charge in [0.05, 0.1) is 6.10 Å². The number of nitrogens with zero attached hydrogens (tertiary/aromatic N) is 4. The number of hydrogen-bond donors (Lipinski definition) is 2. The minimum Gasteiger partial charge on any atom is -0.377 e. The minimum absolute atomic E-state index is 0.140. The normalized spacial score (nSPS) is 30.9. The van der Waals surface area contributed by atoms with Crippen molar-refractivity contribution in [3.05, 3.63) is 11.6 Å². The highest BCUT2D eigenvalue weighted by atomic mass is 16.5. The number of nitrogens with one attached hydrogen (secondary N) is 2. The summed E-state index contributed by atoms with van der Waals surface area (Å²) in [5.74, 6) is 3.32. The van der Waals surface area contributed by atoms with Gasteiger partial charge < -0.3 is 19.9 Å². The molecule has 1 aliphatic heterocycles. The van der Waals surface area contributed by atoms with Crippen LogP contribution < -0.4 is 10.6 Å². The van der Waals surface area contributed by atoms with Crippen molar-refractivity contribution in [3.8, 4) is 0 Å². The van der Waals surface area contributed by atoms with E-state index in [4.69, 9.17) is 9.73 Å². The molecule has 0 spiro atoms. The third-order valence-electron chi connectivity index (χ3n) is 6.65. The van der Waals surface area contributed by atoms with Crippen molar-refractivity contribution in [3.63, 3.8) is 0 Å². The van der Waals surface area contributed by atoms with Crippen molar-refractivity contribution in [2.75, 3.05) is 6.61 Å². The number of guanidine groups is 1. The molecule has 0 bridgehead atoms. The molecular weight excluding hydrogens is 328 g/mol. The van der Waals surface area contributed by atoms with Crippen molar-refractivity contribution in [2.24, 2.45) is 23.4 Å². The maximum atomic E-state index is 5.94. The summed E-state index contributed by atoms with van der Waals surface area (Å²) < 4.78 is 7.94. The van der Waals surface area contributed by atoms with E-state index in [0.29, 0.717) is 30.7 Å². The second-order valence-corrected chi connectivity index (χ2v) is 8.70. The van der Waals surface area contributed by atoms with E-state index in [9.17, 15) is 0 Å². The third-order valence-corrected chi connectivity index (χ3v) is 6.65. The van der Waals surface area contributed by atoms with Gasteiger partial charge in [0, 0.05) is 37.1 Å². The zero-order valence-corrected chi connectivity index (χ0v) is 16.5. The molecule has 0 amide bonds. The van der Waals surface area contributed by atoms with Gasteiger partial charge in [-0.15, -0.1) is 10.2 Å². The Balaban J connectivity index is 1.49. The Bertz CT molecular complexity index is 676. The lowest BCUT2D eigenvalue weighted by Crippen LogP contribution is -2.68. The Morgan fingerprint density at radius 1 is 1.23 bits per heavy atom. The number of rotatable bonds is 4. The number of fused-ring (bicyclic) bond motifs is 1. The van der Waals surface area contributed by atoms with Crippen LogP contribution in [0.3, 0.4) is 0 Å². The van der Waals surface area contributed by atoms with Gasteiger partial charge >= 0.3 is 0 Å². The van der Waals surface area contributed by atoms with Crippen LogP contribution in [0.4, 0.5) is 0 Å². The van der Waals surface area contributed by atoms with E-state index >= 15 is 0 Å². The Hall–Kier alpha value is -1.63. The van der Waals surface area contributed by atoms with Gasteiger partial charge in [-0.1, -0.05) is 26.7 Å². The molecule has 1 aromatic heterocycles. The van der Waals surface area contributed by atoms with Gasteiger partial charge in [-0.25, -0.2) is 4.99 Å². The molecule has 2 heterocycles. The highest BCUT2D eigenvalue weighted by molar-refractivity contribution is 5.80. The molecule has 3 fully saturated rings. The average molecular weight is 361 g/mol.